The molecule has 0 aliphatic carbocycles. The van der Waals surface area contributed by atoms with Crippen LogP contribution in [0.5, 0.6) is 0 Å². The maximum Gasteiger partial charge on any atom is 0.288 e. The van der Waals surface area contributed by atoms with E-state index in [1.807, 2.05) is 6.92 Å². The molecule has 2 aromatic carbocycles. The molecule has 10 heteroatoms. The van der Waals surface area contributed by atoms with Crippen molar-refractivity contribution in [3.8, 4) is 0 Å². The van der Waals surface area contributed by atoms with Gasteiger partial charge in [-0.05, 0) is 36.8 Å². The van der Waals surface area contributed by atoms with Crippen LogP contribution in [0.3, 0.4) is 0 Å². The zero-order valence-electron chi connectivity index (χ0n) is 16.2. The van der Waals surface area contributed by atoms with Gasteiger partial charge in [-0.1, -0.05) is 35.4 Å². The van der Waals surface area contributed by atoms with Crippen LogP contribution in [-0.2, 0) is 14.8 Å². The molecule has 1 fully saturated rings. The quantitative estimate of drug-likeness (QED) is 0.396. The lowest BCUT2D eigenvalue weighted by molar-refractivity contribution is -0.384. The highest BCUT2D eigenvalue weighted by atomic mass is 35.5. The standard InChI is InChI=1S/C20H20ClN3O5S/c1-15-2-6-17(7-3-15)30(28,29)23-12-10-22(11-13-23)20(25)9-5-16-4-8-18(21)19(14-16)24(26)27/h2-9,14H,10-13H2,1H3/b9-5+. The third-order valence-electron chi connectivity index (χ3n) is 4.79. The Kier molecular flexibility index (Phi) is 6.55. The number of sulfonamides is 1. The van der Waals surface area contributed by atoms with E-state index in [1.54, 1.807) is 35.2 Å². The zero-order valence-corrected chi connectivity index (χ0v) is 17.8. The lowest BCUT2D eigenvalue weighted by Crippen LogP contribution is -2.50. The van der Waals surface area contributed by atoms with Crippen LogP contribution in [0.2, 0.25) is 5.02 Å². The Labute approximate surface area is 179 Å². The fourth-order valence-corrected chi connectivity index (χ4v) is 4.66. The second-order valence-electron chi connectivity index (χ2n) is 6.84. The summed E-state index contributed by atoms with van der Waals surface area (Å²) in [5.74, 6) is -0.292. The molecule has 1 aliphatic rings. The molecule has 0 atom stereocenters. The molecule has 158 valence electrons. The van der Waals surface area contributed by atoms with Crippen LogP contribution in [0, 0.1) is 17.0 Å². The van der Waals surface area contributed by atoms with Crippen LogP contribution in [-0.4, -0.2) is 54.6 Å². The van der Waals surface area contributed by atoms with Gasteiger partial charge in [0.1, 0.15) is 5.02 Å². The molecule has 1 aliphatic heterocycles. The van der Waals surface area contributed by atoms with Crippen molar-refractivity contribution < 1.29 is 18.1 Å². The van der Waals surface area contributed by atoms with E-state index in [0.717, 1.165) is 5.56 Å². The number of carbonyl (C=O) groups is 1. The van der Waals surface area contributed by atoms with E-state index in [4.69, 9.17) is 11.6 Å². The predicted octanol–water partition coefficient (Wildman–Crippen LogP) is 3.10. The monoisotopic (exact) mass is 449 g/mol. The van der Waals surface area contributed by atoms with Crippen LogP contribution in [0.15, 0.2) is 53.4 Å². The van der Waals surface area contributed by atoms with Gasteiger partial charge in [-0.3, -0.25) is 14.9 Å². The summed E-state index contributed by atoms with van der Waals surface area (Å²) < 4.78 is 26.9. The second-order valence-corrected chi connectivity index (χ2v) is 9.19. The summed E-state index contributed by atoms with van der Waals surface area (Å²) in [4.78, 5) is 24.6. The van der Waals surface area contributed by atoms with E-state index in [1.165, 1.54) is 28.6 Å². The number of carbonyl (C=O) groups excluding carboxylic acids is 1. The Morgan fingerprint density at radius 3 is 2.33 bits per heavy atom. The number of aryl methyl sites for hydroxylation is 1. The predicted molar refractivity (Wildman–Crippen MR) is 114 cm³/mol. The summed E-state index contributed by atoms with van der Waals surface area (Å²) in [6, 6.07) is 10.9. The summed E-state index contributed by atoms with van der Waals surface area (Å²) in [7, 11) is -3.60. The molecule has 30 heavy (non-hydrogen) atoms. The number of rotatable bonds is 5. The number of amides is 1. The fraction of sp³-hybridized carbons (Fsp3) is 0.250. The molecule has 0 saturated carbocycles. The van der Waals surface area contributed by atoms with Crippen LogP contribution in [0.1, 0.15) is 11.1 Å². The zero-order chi connectivity index (χ0) is 21.9. The molecule has 8 nitrogen and oxygen atoms in total. The largest absolute Gasteiger partial charge is 0.337 e. The highest BCUT2D eigenvalue weighted by Gasteiger charge is 2.29. The smallest absolute Gasteiger partial charge is 0.288 e. The van der Waals surface area contributed by atoms with Crippen LogP contribution >= 0.6 is 11.6 Å². The van der Waals surface area contributed by atoms with Gasteiger partial charge in [-0.15, -0.1) is 0 Å². The minimum atomic E-state index is -3.60. The Morgan fingerprint density at radius 2 is 1.73 bits per heavy atom. The van der Waals surface area contributed by atoms with Crippen molar-refractivity contribution in [1.82, 2.24) is 9.21 Å². The number of benzene rings is 2. The molecule has 1 heterocycles. The summed E-state index contributed by atoms with van der Waals surface area (Å²) >= 11 is 5.78. The second kappa shape index (κ2) is 8.95. The third-order valence-corrected chi connectivity index (χ3v) is 7.03. The van der Waals surface area contributed by atoms with Gasteiger partial charge in [0.2, 0.25) is 15.9 Å². The molecule has 0 N–H and O–H groups in total. The Hall–Kier alpha value is -2.75. The van der Waals surface area contributed by atoms with Crippen molar-refractivity contribution in [3.05, 3.63) is 74.8 Å². The molecule has 3 rings (SSSR count). The minimum Gasteiger partial charge on any atom is -0.337 e. The fourth-order valence-electron chi connectivity index (χ4n) is 3.05. The van der Waals surface area contributed by atoms with Gasteiger partial charge in [0.25, 0.3) is 5.69 Å². The van der Waals surface area contributed by atoms with E-state index in [0.29, 0.717) is 5.56 Å². The van der Waals surface area contributed by atoms with Crippen molar-refractivity contribution >= 4 is 39.3 Å². The van der Waals surface area contributed by atoms with Crippen molar-refractivity contribution in [1.29, 1.82) is 0 Å². The SMILES string of the molecule is Cc1ccc(S(=O)(=O)N2CCN(C(=O)/C=C/c3ccc(Cl)c([N+](=O)[O-])c3)CC2)cc1. The lowest BCUT2D eigenvalue weighted by atomic mass is 10.2. The van der Waals surface area contributed by atoms with E-state index in [2.05, 4.69) is 0 Å². The average molecular weight is 450 g/mol. The normalized spacial score (nSPS) is 15.5. The Bertz CT molecular complexity index is 1090. The number of hydrogen-bond acceptors (Lipinski definition) is 5. The molecule has 1 saturated heterocycles. The average Bonchev–Trinajstić information content (AvgIpc) is 2.73. The van der Waals surface area contributed by atoms with Crippen LogP contribution in [0.25, 0.3) is 6.08 Å². The highest BCUT2D eigenvalue weighted by Crippen LogP contribution is 2.25. The van der Waals surface area contributed by atoms with Crippen LogP contribution < -0.4 is 0 Å². The first-order valence-electron chi connectivity index (χ1n) is 9.16. The molecule has 0 spiro atoms. The summed E-state index contributed by atoms with van der Waals surface area (Å²) in [5, 5.41) is 11.0. The van der Waals surface area contributed by atoms with Gasteiger partial charge in [0.15, 0.2) is 0 Å². The third kappa shape index (κ3) is 4.86. The van der Waals surface area contributed by atoms with E-state index < -0.39 is 14.9 Å². The maximum atomic E-state index is 12.7. The van der Waals surface area contributed by atoms with Crippen LogP contribution in [0.4, 0.5) is 5.69 Å². The first kappa shape index (κ1) is 21.9. The number of piperazine rings is 1. The molecule has 2 aromatic rings. The topological polar surface area (TPSA) is 101 Å². The van der Waals surface area contributed by atoms with Crippen molar-refractivity contribution in [3.63, 3.8) is 0 Å². The van der Waals surface area contributed by atoms with Crippen molar-refractivity contribution in [2.75, 3.05) is 26.2 Å². The minimum absolute atomic E-state index is 0.0226. The summed E-state index contributed by atoms with van der Waals surface area (Å²) in [6.07, 6.45) is 2.79. The van der Waals surface area contributed by atoms with Gasteiger partial charge in [-0.2, -0.15) is 4.31 Å². The van der Waals surface area contributed by atoms with Gasteiger partial charge in [0.05, 0.1) is 9.82 Å². The summed E-state index contributed by atoms with van der Waals surface area (Å²) in [6.45, 7) is 2.80. The van der Waals surface area contributed by atoms with Gasteiger partial charge in [-0.25, -0.2) is 8.42 Å². The molecule has 0 unspecified atom stereocenters. The molecule has 0 bridgehead atoms. The molecular weight excluding hydrogens is 430 g/mol. The number of halogens is 1. The molecule has 1 amide bonds. The molecular formula is C20H20ClN3O5S. The number of hydrogen-bond donors (Lipinski definition) is 0. The first-order valence-corrected chi connectivity index (χ1v) is 11.0. The lowest BCUT2D eigenvalue weighted by Gasteiger charge is -2.33. The maximum absolute atomic E-state index is 12.7. The number of nitrogens with zero attached hydrogens (tertiary/aromatic N) is 3. The number of nitro groups is 1. The highest BCUT2D eigenvalue weighted by molar-refractivity contribution is 7.89. The van der Waals surface area contributed by atoms with Crippen molar-refractivity contribution in [2.45, 2.75) is 11.8 Å². The van der Waals surface area contributed by atoms with Gasteiger partial charge >= 0.3 is 0 Å². The van der Waals surface area contributed by atoms with Crippen molar-refractivity contribution in [2.24, 2.45) is 0 Å². The first-order chi connectivity index (χ1) is 14.2. The Morgan fingerprint density at radius 1 is 1.10 bits per heavy atom. The van der Waals surface area contributed by atoms with E-state index in [9.17, 15) is 23.3 Å². The van der Waals surface area contributed by atoms with E-state index in [-0.39, 0.29) is 47.7 Å². The Balaban J connectivity index is 1.63. The summed E-state index contributed by atoms with van der Waals surface area (Å²) in [5.41, 5.74) is 1.21. The van der Waals surface area contributed by atoms with Gasteiger partial charge < -0.3 is 4.90 Å². The van der Waals surface area contributed by atoms with Gasteiger partial charge in [0, 0.05) is 38.3 Å². The molecule has 0 aromatic heterocycles. The number of nitro benzene ring substituents is 1. The van der Waals surface area contributed by atoms with E-state index >= 15 is 0 Å². The molecule has 0 radical (unpaired) electrons.